The van der Waals surface area contributed by atoms with Crippen LogP contribution in [0.1, 0.15) is 149 Å². The summed E-state index contributed by atoms with van der Waals surface area (Å²) in [6, 6.07) is 22.0. The number of allylic oxidation sites excluding steroid dienone is 3. The summed E-state index contributed by atoms with van der Waals surface area (Å²) >= 11 is 2.72. The molecule has 9 amide bonds. The predicted octanol–water partition coefficient (Wildman–Crippen LogP) is 7.95. The van der Waals surface area contributed by atoms with Crippen molar-refractivity contribution in [3.63, 3.8) is 0 Å². The molecule has 4 heterocycles. The molecule has 0 radical (unpaired) electrons. The number of anilines is 1. The topological polar surface area (TPSA) is 573 Å². The smallest absolute Gasteiger partial charge is 0.411 e. The van der Waals surface area contributed by atoms with Crippen molar-refractivity contribution in [1.82, 2.24) is 42.3 Å². The molecule has 12 rings (SSSR count). The molecule has 0 aromatic heterocycles. The quantitative estimate of drug-likeness (QED) is 0.00439. The number of amides is 9. The number of halogens is 1. The minimum Gasteiger partial charge on any atom is -0.492 e. The average Bonchev–Trinajstić information content (AvgIpc) is 1.67. The third kappa shape index (κ3) is 29.4. The lowest BCUT2D eigenvalue weighted by molar-refractivity contribution is -0.337. The van der Waals surface area contributed by atoms with Crippen molar-refractivity contribution in [1.29, 1.82) is 0 Å². The van der Waals surface area contributed by atoms with E-state index in [1.54, 1.807) is 90.9 Å². The highest BCUT2D eigenvalue weighted by atomic mass is 127. The van der Waals surface area contributed by atoms with Crippen molar-refractivity contribution < 1.29 is 155 Å². The molecule has 16 N–H and O–H groups in total. The maximum absolute atomic E-state index is 14.7. The fraction of sp³-hybridized carbons (Fsp3) is 0.505. The minimum atomic E-state index is -2.31. The summed E-state index contributed by atoms with van der Waals surface area (Å²) < 4.78 is 85.5. The van der Waals surface area contributed by atoms with E-state index in [0.717, 1.165) is 62.7 Å². The first-order chi connectivity index (χ1) is 71.3. The number of fused-ring (bicyclic) bond motifs is 5. The van der Waals surface area contributed by atoms with Gasteiger partial charge in [0.25, 0.3) is 0 Å². The number of carbonyl (C=O) groups is 11. The van der Waals surface area contributed by atoms with Crippen LogP contribution in [0.3, 0.4) is 0 Å². The average molecular weight is 2240 g/mol. The Morgan fingerprint density at radius 2 is 1.37 bits per heavy atom. The number of nitrogens with one attached hydrogen (secondary N) is 8. The van der Waals surface area contributed by atoms with Crippen LogP contribution in [-0.2, 0) is 87.5 Å². The fourth-order valence-electron chi connectivity index (χ4n) is 18.4. The van der Waals surface area contributed by atoms with E-state index in [9.17, 15) is 83.4 Å². The number of aliphatic hydroxyl groups is 5. The molecule has 2 bridgehead atoms. The number of likely N-dealkylation sites (N-methyl/N-ethyl adjacent to an activating group) is 1. The maximum atomic E-state index is 14.7. The standard InChI is InChI=1S/C103H127IN10O32S3/c1-14-114(102(130)139-49-58-37-39-59(40-38-58)109-92(121)68(34-27-44-106-99(105)127)110-94(123)80(52(2)3)111-93(122)67(108-57(8)115)33-24-26-43-107-100(128)138-50-65-62-30-20-18-28-60(62)61-29-19-21-31-63(61)65)69-51-137-75(47-73(69)132-9)144-89-84(119)81(113-146-76-46-70(116)91(56(7)140-76)148-96(126)77-53(4)79(104)87(90(135-12)86(77)133-10)145-97-85(120)88(134-11)83(118)55(6)142-97)54(5)141-98(89)143-72-35-17-15-16-25-42-103(131)48-71(117)82(112-101(129)136-13)78(72)66(103)41-45-147-149-74-36-23-22-32-64(74)95(124)125/h15-16,18-23,28-32,36-41,52,54-56,65,67-70,72-73,75-76,80-81,83-85,88-89,91,97-98,113,116,118-120,131H,14,24,26-27,33-34,43-51H2,1-13H3,(H,107,128)(H,108,115)(H,109,121)(H,110,123)(H,111,122)(H,112,129)(H,124,125)(H3,105,106,127)/b16-15-,66-41+/t54-,55+,56-,67+,68+,69+,70+,72+,73+,75+,76+,80+,81-,83+,84+,85-,88-,89-,91-,97+,98+,103+/m1/s1. The lowest BCUT2D eigenvalue weighted by Gasteiger charge is -2.47. The molecule has 22 atom stereocenters. The fourth-order valence-corrected chi connectivity index (χ4v) is 22.2. The van der Waals surface area contributed by atoms with E-state index in [0.29, 0.717) is 32.4 Å². The number of carboxylic acids is 1. The highest BCUT2D eigenvalue weighted by Gasteiger charge is 2.54. The summed E-state index contributed by atoms with van der Waals surface area (Å²) in [6.45, 7) is 12.5. The number of unbranched alkanes of at least 4 members (excludes halogenated alkanes) is 1. The number of aromatic carboxylic acids is 1. The Balaban J connectivity index is 0.713. The number of nitrogens with zero attached hydrogens (tertiary/aromatic N) is 1. The van der Waals surface area contributed by atoms with E-state index >= 15 is 0 Å². The van der Waals surface area contributed by atoms with Crippen LogP contribution in [-0.4, -0.2) is 308 Å². The molecule has 5 aromatic carbocycles. The van der Waals surface area contributed by atoms with Crippen LogP contribution in [0.4, 0.5) is 24.9 Å². The van der Waals surface area contributed by atoms with Crippen molar-refractivity contribution in [2.45, 2.75) is 258 Å². The molecule has 4 saturated heterocycles. The van der Waals surface area contributed by atoms with Gasteiger partial charge >= 0.3 is 30.3 Å². The number of methoxy groups -OCH3 is 5. The number of alkyl carbamates (subject to hydrolysis) is 2. The van der Waals surface area contributed by atoms with Crippen LogP contribution in [0.5, 0.6) is 17.2 Å². The number of benzene rings is 5. The van der Waals surface area contributed by atoms with Crippen LogP contribution in [0.2, 0.25) is 0 Å². The largest absolute Gasteiger partial charge is 0.492 e. The third-order valence-corrected chi connectivity index (χ3v) is 31.0. The number of ketones is 1. The molecular formula is C103H127IN10O32S3. The molecule has 806 valence electrons. The molecule has 4 aliphatic heterocycles. The molecule has 46 heteroatoms. The lowest BCUT2D eigenvalue weighted by Crippen LogP contribution is -2.65. The van der Waals surface area contributed by atoms with Gasteiger partial charge in [0, 0.05) is 87.0 Å². The number of urea groups is 1. The van der Waals surface area contributed by atoms with Crippen molar-refractivity contribution >= 4 is 126 Å². The lowest BCUT2D eigenvalue weighted by atomic mass is 9.75. The molecule has 5 aromatic rings. The number of ether oxygens (including phenoxy) is 14. The van der Waals surface area contributed by atoms with Crippen LogP contribution < -0.4 is 62.6 Å². The monoisotopic (exact) mass is 2240 g/mol. The normalized spacial score (nSPS) is 26.0. The van der Waals surface area contributed by atoms with Crippen molar-refractivity contribution in [3.8, 4) is 52.1 Å². The first-order valence-electron chi connectivity index (χ1n) is 48.4. The second-order valence-corrected chi connectivity index (χ2v) is 41.0. The number of thioether (sulfide) groups is 1. The number of hydrogen-bond donors (Lipinski definition) is 15. The number of carbonyl (C=O) groups excluding carboxylic acids is 10. The number of aliphatic hydroxyl groups excluding tert-OH is 4. The Bertz CT molecular complexity index is 5810. The molecule has 0 saturated carbocycles. The highest BCUT2D eigenvalue weighted by Crippen LogP contribution is 2.51. The van der Waals surface area contributed by atoms with Crippen LogP contribution >= 0.6 is 55.9 Å². The zero-order chi connectivity index (χ0) is 108. The van der Waals surface area contributed by atoms with Gasteiger partial charge in [0.15, 0.2) is 41.8 Å². The van der Waals surface area contributed by atoms with Gasteiger partial charge in [-0.3, -0.25) is 38.9 Å². The maximum Gasteiger partial charge on any atom is 0.411 e. The Morgan fingerprint density at radius 3 is 2.03 bits per heavy atom. The Labute approximate surface area is 887 Å². The number of hydrogen-bond acceptors (Lipinski definition) is 35. The first-order valence-corrected chi connectivity index (χ1v) is 52.7. The van der Waals surface area contributed by atoms with Gasteiger partial charge in [-0.2, -0.15) is 5.48 Å². The highest BCUT2D eigenvalue weighted by molar-refractivity contribution is 14.1. The van der Waals surface area contributed by atoms with Gasteiger partial charge in [0.1, 0.15) is 68.0 Å². The molecule has 0 spiro atoms. The zero-order valence-electron chi connectivity index (χ0n) is 84.3. The van der Waals surface area contributed by atoms with Gasteiger partial charge in [-0.05, 0) is 165 Å². The number of Topliss-reactive ketones (excluding diaryl/α,β-unsaturated/α-hetero) is 1. The molecule has 4 fully saturated rings. The molecular weight excluding hydrogens is 2110 g/mol. The van der Waals surface area contributed by atoms with Gasteiger partial charge < -0.3 is 139 Å². The number of hydroxylamine groups is 1. The summed E-state index contributed by atoms with van der Waals surface area (Å²) in [6.07, 6.45) is -18.3. The molecule has 0 unspecified atom stereocenters. The Hall–Kier alpha value is -11.2. The SMILES string of the molecule is CCN(C(=O)OCc1ccc(NC(=O)[C@H](CCCNC(N)=O)NC(=O)[C@@H](NC(=O)[C@H](CCCCNC(=O)OCC2c3ccccc3-c3ccccc32)NC(C)=O)C(C)C)cc1)[C@H]1CO[C@@H](O[C@H]2[C@H](O[C@H]3C#C/C=C\C#C[C@]4(O)CC(=O)C(NC(=O)OC)=C3/C4=C\CSSc3ccccc3C(=O)O)O[C@H](C)[C@@H](NO[C@H]3C[C@H](O)[C@H](SC(=O)c4c(C)c(I)c(O[C@@H]5O[C@@H](C)[C@H](O)[C@@H](OC)[C@H]5O)c(OC)c4OC)[C@@H](C)O3)[C@@H]2O)C[C@@H]1OC. The molecule has 42 nitrogen and oxygen atoms in total. The Morgan fingerprint density at radius 1 is 0.698 bits per heavy atom. The van der Waals surface area contributed by atoms with Gasteiger partial charge in [0.05, 0.1) is 103 Å². The predicted molar refractivity (Wildman–Crippen MR) is 552 cm³/mol. The second-order valence-electron chi connectivity index (χ2n) is 36.4. The molecule has 149 heavy (non-hydrogen) atoms. The van der Waals surface area contributed by atoms with E-state index in [-0.39, 0.29) is 128 Å². The van der Waals surface area contributed by atoms with Crippen molar-refractivity contribution in [2.75, 3.05) is 79.5 Å². The number of carboxylic acid groups (broad SMARTS) is 1. The van der Waals surface area contributed by atoms with Gasteiger partial charge in [-0.1, -0.05) is 150 Å². The summed E-state index contributed by atoms with van der Waals surface area (Å²) in [5.74, 6) is 6.05. The number of rotatable bonds is 44. The van der Waals surface area contributed by atoms with Crippen LogP contribution in [0.15, 0.2) is 137 Å². The molecule has 3 aliphatic carbocycles. The van der Waals surface area contributed by atoms with E-state index in [1.807, 2.05) is 71.1 Å². The minimum absolute atomic E-state index is 0.00391. The van der Waals surface area contributed by atoms with Crippen LogP contribution in [0, 0.1) is 40.1 Å². The van der Waals surface area contributed by atoms with Crippen molar-refractivity contribution in [2.24, 2.45) is 11.7 Å². The van der Waals surface area contributed by atoms with E-state index < -0.39 is 216 Å². The summed E-state index contributed by atoms with van der Waals surface area (Å²) in [5, 5.41) is 87.0. The first kappa shape index (κ1) is 116. The van der Waals surface area contributed by atoms with E-state index in [4.69, 9.17) is 76.9 Å². The van der Waals surface area contributed by atoms with Crippen molar-refractivity contribution in [3.05, 3.63) is 169 Å². The third-order valence-electron chi connectivity index (χ3n) is 26.1. The summed E-state index contributed by atoms with van der Waals surface area (Å²) in [7, 11) is 8.71. The van der Waals surface area contributed by atoms with Crippen LogP contribution in [0.25, 0.3) is 11.1 Å². The van der Waals surface area contributed by atoms with Gasteiger partial charge in [-0.15, -0.1) is 0 Å². The summed E-state index contributed by atoms with van der Waals surface area (Å²) in [5.41, 5.74) is 10.7. The van der Waals surface area contributed by atoms with E-state index in [2.05, 4.69) is 66.4 Å². The second kappa shape index (κ2) is 54.7. The van der Waals surface area contributed by atoms with Gasteiger partial charge in [-0.25, -0.2) is 24.0 Å². The Kier molecular flexibility index (Phi) is 42.7. The number of primary amides is 1. The molecule has 7 aliphatic rings. The number of nitrogens with two attached hydrogens (primary N) is 1. The summed E-state index contributed by atoms with van der Waals surface area (Å²) in [4.78, 5) is 157. The zero-order valence-corrected chi connectivity index (χ0v) is 88.9. The van der Waals surface area contributed by atoms with Gasteiger partial charge in [0.2, 0.25) is 40.8 Å². The van der Waals surface area contributed by atoms with E-state index in [1.165, 1.54) is 64.6 Å².